The first-order chi connectivity index (χ1) is 8.82. The van der Waals surface area contributed by atoms with E-state index in [1.165, 1.54) is 20.2 Å². The number of hydrogen-bond acceptors (Lipinski definition) is 3. The van der Waals surface area contributed by atoms with E-state index in [2.05, 4.69) is 5.32 Å². The van der Waals surface area contributed by atoms with Gasteiger partial charge in [-0.3, -0.25) is 0 Å². The number of hydrogen-bond donors (Lipinski definition) is 1. The molecular formula is C12H18Cl2N2O2S. The molecular weight excluding hydrogens is 307 g/mol. The van der Waals surface area contributed by atoms with Gasteiger partial charge in [-0.15, -0.1) is 0 Å². The van der Waals surface area contributed by atoms with E-state index in [9.17, 15) is 8.42 Å². The zero-order chi connectivity index (χ0) is 14.6. The SMILES string of the molecule is CCCNCc1c(Cl)ccc(S(=O)(=O)N(C)C)c1Cl. The molecule has 19 heavy (non-hydrogen) atoms. The summed E-state index contributed by atoms with van der Waals surface area (Å²) in [5.74, 6) is 0. The lowest BCUT2D eigenvalue weighted by Crippen LogP contribution is -2.23. The Morgan fingerprint density at radius 3 is 2.42 bits per heavy atom. The normalized spacial score (nSPS) is 12.1. The molecule has 0 atom stereocenters. The van der Waals surface area contributed by atoms with E-state index in [0.717, 1.165) is 17.3 Å². The molecule has 1 N–H and O–H groups in total. The van der Waals surface area contributed by atoms with E-state index in [1.807, 2.05) is 6.92 Å². The van der Waals surface area contributed by atoms with Crippen LogP contribution in [0.2, 0.25) is 10.0 Å². The third-order valence-electron chi connectivity index (χ3n) is 2.64. The average Bonchev–Trinajstić information content (AvgIpc) is 2.32. The standard InChI is InChI=1S/C12H18Cl2N2O2S/c1-4-7-15-8-9-10(13)5-6-11(12(9)14)19(17,18)16(2)3/h5-6,15H,4,7-8H2,1-3H3. The Kier molecular flexibility index (Phi) is 6.08. The van der Waals surface area contributed by atoms with Gasteiger partial charge in [0.1, 0.15) is 4.90 Å². The first-order valence-electron chi connectivity index (χ1n) is 5.92. The second kappa shape index (κ2) is 6.90. The molecule has 0 spiro atoms. The van der Waals surface area contributed by atoms with Gasteiger partial charge < -0.3 is 5.32 Å². The minimum atomic E-state index is -3.56. The zero-order valence-electron chi connectivity index (χ0n) is 11.2. The van der Waals surface area contributed by atoms with E-state index < -0.39 is 10.0 Å². The Balaban J connectivity index is 3.21. The Morgan fingerprint density at radius 1 is 1.26 bits per heavy atom. The third kappa shape index (κ3) is 3.83. The fraction of sp³-hybridized carbons (Fsp3) is 0.500. The number of sulfonamides is 1. The van der Waals surface area contributed by atoms with Crippen molar-refractivity contribution in [2.24, 2.45) is 0 Å². The molecule has 0 aliphatic heterocycles. The van der Waals surface area contributed by atoms with E-state index in [0.29, 0.717) is 17.1 Å². The molecule has 7 heteroatoms. The zero-order valence-corrected chi connectivity index (χ0v) is 13.5. The highest BCUT2D eigenvalue weighted by molar-refractivity contribution is 7.89. The quantitative estimate of drug-likeness (QED) is 0.818. The smallest absolute Gasteiger partial charge is 0.244 e. The molecule has 0 saturated heterocycles. The van der Waals surface area contributed by atoms with Gasteiger partial charge in [0.25, 0.3) is 0 Å². The van der Waals surface area contributed by atoms with Crippen molar-refractivity contribution in [1.29, 1.82) is 0 Å². The highest BCUT2D eigenvalue weighted by Crippen LogP contribution is 2.32. The maximum atomic E-state index is 12.1. The summed E-state index contributed by atoms with van der Waals surface area (Å²) in [6.45, 7) is 3.31. The molecule has 4 nitrogen and oxygen atoms in total. The van der Waals surface area contributed by atoms with Gasteiger partial charge in [-0.25, -0.2) is 12.7 Å². The number of nitrogens with zero attached hydrogens (tertiary/aromatic N) is 1. The van der Waals surface area contributed by atoms with Crippen LogP contribution in [0, 0.1) is 0 Å². The lowest BCUT2D eigenvalue weighted by Gasteiger charge is -2.16. The minimum absolute atomic E-state index is 0.0804. The fourth-order valence-corrected chi connectivity index (χ4v) is 3.30. The van der Waals surface area contributed by atoms with E-state index in [1.54, 1.807) is 6.07 Å². The van der Waals surface area contributed by atoms with E-state index >= 15 is 0 Å². The van der Waals surface area contributed by atoms with Crippen molar-refractivity contribution < 1.29 is 8.42 Å². The molecule has 0 aliphatic rings. The summed E-state index contributed by atoms with van der Waals surface area (Å²) in [5, 5.41) is 3.81. The third-order valence-corrected chi connectivity index (χ3v) is 5.39. The Labute approximate surface area is 124 Å². The molecule has 0 aliphatic carbocycles. The molecule has 1 aromatic rings. The Hall–Kier alpha value is -0.330. The number of rotatable bonds is 6. The predicted octanol–water partition coefficient (Wildman–Crippen LogP) is 2.74. The van der Waals surface area contributed by atoms with Crippen molar-refractivity contribution in [3.63, 3.8) is 0 Å². The molecule has 0 fully saturated rings. The van der Waals surface area contributed by atoms with Crippen LogP contribution in [-0.4, -0.2) is 33.4 Å². The van der Waals surface area contributed by atoms with Gasteiger partial charge in [-0.05, 0) is 25.1 Å². The summed E-state index contributed by atoms with van der Waals surface area (Å²) in [6, 6.07) is 3.00. The van der Waals surface area contributed by atoms with Gasteiger partial charge in [-0.1, -0.05) is 30.1 Å². The van der Waals surface area contributed by atoms with Crippen molar-refractivity contribution >= 4 is 33.2 Å². The largest absolute Gasteiger partial charge is 0.313 e. The minimum Gasteiger partial charge on any atom is -0.313 e. The molecule has 0 aromatic heterocycles. The van der Waals surface area contributed by atoms with E-state index in [4.69, 9.17) is 23.2 Å². The molecule has 1 aromatic carbocycles. The van der Waals surface area contributed by atoms with Crippen molar-refractivity contribution in [3.8, 4) is 0 Å². The second-order valence-electron chi connectivity index (χ2n) is 4.30. The average molecular weight is 325 g/mol. The molecule has 0 bridgehead atoms. The summed E-state index contributed by atoms with van der Waals surface area (Å²) in [6.07, 6.45) is 0.977. The first-order valence-corrected chi connectivity index (χ1v) is 8.12. The Morgan fingerprint density at radius 2 is 1.89 bits per heavy atom. The maximum Gasteiger partial charge on any atom is 0.244 e. The van der Waals surface area contributed by atoms with Crippen molar-refractivity contribution in [3.05, 3.63) is 27.7 Å². The summed E-state index contributed by atoms with van der Waals surface area (Å²) in [5.41, 5.74) is 0.611. The van der Waals surface area contributed by atoms with Crippen LogP contribution in [-0.2, 0) is 16.6 Å². The van der Waals surface area contributed by atoms with Crippen LogP contribution in [0.3, 0.4) is 0 Å². The fourth-order valence-electron chi connectivity index (χ4n) is 1.52. The predicted molar refractivity (Wildman–Crippen MR) is 79.3 cm³/mol. The second-order valence-corrected chi connectivity index (χ2v) is 7.21. The number of benzene rings is 1. The molecule has 0 saturated carbocycles. The number of halogens is 2. The van der Waals surface area contributed by atoms with Crippen molar-refractivity contribution in [2.75, 3.05) is 20.6 Å². The summed E-state index contributed by atoms with van der Waals surface area (Å²) >= 11 is 12.3. The van der Waals surface area contributed by atoms with Gasteiger partial charge in [0.2, 0.25) is 10.0 Å². The highest BCUT2D eigenvalue weighted by atomic mass is 35.5. The van der Waals surface area contributed by atoms with Gasteiger partial charge in [0.15, 0.2) is 0 Å². The van der Waals surface area contributed by atoms with Crippen LogP contribution in [0.1, 0.15) is 18.9 Å². The van der Waals surface area contributed by atoms with Crippen molar-refractivity contribution in [1.82, 2.24) is 9.62 Å². The first kappa shape index (κ1) is 16.7. The molecule has 0 heterocycles. The lowest BCUT2D eigenvalue weighted by atomic mass is 10.2. The van der Waals surface area contributed by atoms with Gasteiger partial charge in [0, 0.05) is 31.2 Å². The van der Waals surface area contributed by atoms with Crippen LogP contribution in [0.25, 0.3) is 0 Å². The van der Waals surface area contributed by atoms with Crippen molar-refractivity contribution in [2.45, 2.75) is 24.8 Å². The van der Waals surface area contributed by atoms with Crippen LogP contribution in [0.4, 0.5) is 0 Å². The number of nitrogens with one attached hydrogen (secondary N) is 1. The van der Waals surface area contributed by atoms with Crippen LogP contribution in [0.5, 0.6) is 0 Å². The van der Waals surface area contributed by atoms with Crippen LogP contribution in [0.15, 0.2) is 17.0 Å². The Bertz CT molecular complexity index is 545. The van der Waals surface area contributed by atoms with Crippen LogP contribution >= 0.6 is 23.2 Å². The summed E-state index contributed by atoms with van der Waals surface area (Å²) < 4.78 is 25.4. The van der Waals surface area contributed by atoms with E-state index in [-0.39, 0.29) is 9.92 Å². The lowest BCUT2D eigenvalue weighted by molar-refractivity contribution is 0.520. The van der Waals surface area contributed by atoms with Gasteiger partial charge in [-0.2, -0.15) is 0 Å². The maximum absolute atomic E-state index is 12.1. The monoisotopic (exact) mass is 324 g/mol. The molecule has 0 unspecified atom stereocenters. The highest BCUT2D eigenvalue weighted by Gasteiger charge is 2.23. The molecule has 0 radical (unpaired) electrons. The summed E-state index contributed by atoms with van der Waals surface area (Å²) in [4.78, 5) is 0.0804. The summed E-state index contributed by atoms with van der Waals surface area (Å²) in [7, 11) is -0.627. The van der Waals surface area contributed by atoms with Gasteiger partial charge >= 0.3 is 0 Å². The molecule has 0 amide bonds. The van der Waals surface area contributed by atoms with Gasteiger partial charge in [0.05, 0.1) is 5.02 Å². The molecule has 1 rings (SSSR count). The topological polar surface area (TPSA) is 49.4 Å². The molecule has 108 valence electrons. The van der Waals surface area contributed by atoms with Crippen LogP contribution < -0.4 is 5.32 Å².